The summed E-state index contributed by atoms with van der Waals surface area (Å²) in [5, 5.41) is 8.95. The van der Waals surface area contributed by atoms with Gasteiger partial charge in [0.15, 0.2) is 0 Å². The predicted octanol–water partition coefficient (Wildman–Crippen LogP) is 1.01. The number of carbonyl (C=O) groups is 2. The maximum absolute atomic E-state index is 12.4. The Morgan fingerprint density at radius 2 is 1.84 bits per heavy atom. The summed E-state index contributed by atoms with van der Waals surface area (Å²) in [5.41, 5.74) is 0. The molecule has 2 aliphatic rings. The molecule has 6 heteroatoms. The second-order valence-corrected chi connectivity index (χ2v) is 5.36. The number of aliphatic carboxylic acids is 1. The number of urea groups is 1. The minimum atomic E-state index is -0.746. The highest BCUT2D eigenvalue weighted by Gasteiger charge is 2.30. The van der Waals surface area contributed by atoms with E-state index in [4.69, 9.17) is 9.84 Å². The van der Waals surface area contributed by atoms with Gasteiger partial charge in [-0.25, -0.2) is 4.79 Å². The molecule has 0 radical (unpaired) electrons. The van der Waals surface area contributed by atoms with E-state index in [1.807, 2.05) is 11.8 Å². The van der Waals surface area contributed by atoms with E-state index in [1.54, 1.807) is 4.90 Å². The lowest BCUT2D eigenvalue weighted by molar-refractivity contribution is -0.143. The molecule has 2 fully saturated rings. The maximum Gasteiger partial charge on any atom is 0.320 e. The van der Waals surface area contributed by atoms with E-state index in [2.05, 4.69) is 0 Å². The Morgan fingerprint density at radius 3 is 2.47 bits per heavy atom. The van der Waals surface area contributed by atoms with Crippen molar-refractivity contribution in [2.45, 2.75) is 32.3 Å². The summed E-state index contributed by atoms with van der Waals surface area (Å²) in [6.07, 6.45) is 2.05. The molecule has 6 nitrogen and oxygen atoms in total. The number of carboxylic acid groups (broad SMARTS) is 1. The van der Waals surface area contributed by atoms with Crippen molar-refractivity contribution in [2.24, 2.45) is 5.92 Å². The number of carboxylic acids is 1. The molecule has 2 rings (SSSR count). The average Bonchev–Trinajstić information content (AvgIpc) is 2.62. The van der Waals surface area contributed by atoms with Crippen LogP contribution < -0.4 is 0 Å². The van der Waals surface area contributed by atoms with Crippen LogP contribution in [0.5, 0.6) is 0 Å². The minimum Gasteiger partial charge on any atom is -0.481 e. The number of rotatable bonds is 1. The molecule has 0 aromatic rings. The first kappa shape index (κ1) is 14.1. The number of nitrogens with zero attached hydrogens (tertiary/aromatic N) is 2. The van der Waals surface area contributed by atoms with Crippen molar-refractivity contribution in [2.75, 3.05) is 32.8 Å². The fraction of sp³-hybridized carbons (Fsp3) is 0.846. The van der Waals surface area contributed by atoms with Gasteiger partial charge in [0.1, 0.15) is 0 Å². The molecule has 2 saturated heterocycles. The zero-order valence-electron chi connectivity index (χ0n) is 11.4. The fourth-order valence-corrected chi connectivity index (χ4v) is 2.69. The van der Waals surface area contributed by atoms with Gasteiger partial charge in [0.05, 0.1) is 12.0 Å². The number of ether oxygens (including phenoxy) is 1. The molecule has 0 aromatic carbocycles. The maximum atomic E-state index is 12.4. The molecule has 0 bridgehead atoms. The predicted molar refractivity (Wildman–Crippen MR) is 68.9 cm³/mol. The Balaban J connectivity index is 1.88. The average molecular weight is 270 g/mol. The molecule has 19 heavy (non-hydrogen) atoms. The molecule has 1 unspecified atom stereocenters. The van der Waals surface area contributed by atoms with Gasteiger partial charge in [0, 0.05) is 32.8 Å². The SMILES string of the molecule is CC1CN(C(=O)N2CCC(C(=O)O)CC2)CCCO1. The fourth-order valence-electron chi connectivity index (χ4n) is 2.69. The van der Waals surface area contributed by atoms with Crippen LogP contribution in [0, 0.1) is 5.92 Å². The van der Waals surface area contributed by atoms with Gasteiger partial charge in [-0.3, -0.25) is 4.79 Å². The summed E-state index contributed by atoms with van der Waals surface area (Å²) < 4.78 is 5.53. The standard InChI is InChI=1S/C13H22N2O4/c1-10-9-15(5-2-8-19-10)13(18)14-6-3-11(4-7-14)12(16)17/h10-11H,2-9H2,1H3,(H,16,17). The van der Waals surface area contributed by atoms with Gasteiger partial charge in [-0.2, -0.15) is 0 Å². The normalized spacial score (nSPS) is 26.1. The topological polar surface area (TPSA) is 70.1 Å². The number of hydrogen-bond donors (Lipinski definition) is 1. The summed E-state index contributed by atoms with van der Waals surface area (Å²) in [7, 11) is 0. The molecule has 1 N–H and O–H groups in total. The third-order valence-corrected chi connectivity index (χ3v) is 3.84. The molecular weight excluding hydrogens is 248 g/mol. The monoisotopic (exact) mass is 270 g/mol. The van der Waals surface area contributed by atoms with Crippen molar-refractivity contribution in [1.82, 2.24) is 9.80 Å². The summed E-state index contributed by atoms with van der Waals surface area (Å²) in [4.78, 5) is 26.9. The van der Waals surface area contributed by atoms with Gasteiger partial charge in [-0.15, -0.1) is 0 Å². The van der Waals surface area contributed by atoms with Gasteiger partial charge in [0.25, 0.3) is 0 Å². The number of carbonyl (C=O) groups excluding carboxylic acids is 1. The first-order chi connectivity index (χ1) is 9.08. The number of likely N-dealkylation sites (tertiary alicyclic amines) is 1. The van der Waals surface area contributed by atoms with Crippen LogP contribution in [-0.2, 0) is 9.53 Å². The van der Waals surface area contributed by atoms with E-state index in [-0.39, 0.29) is 18.1 Å². The first-order valence-electron chi connectivity index (χ1n) is 6.96. The zero-order chi connectivity index (χ0) is 13.8. The molecule has 2 amide bonds. The van der Waals surface area contributed by atoms with Crippen LogP contribution in [0.4, 0.5) is 4.79 Å². The Labute approximate surface area is 113 Å². The highest BCUT2D eigenvalue weighted by molar-refractivity contribution is 5.75. The largest absolute Gasteiger partial charge is 0.481 e. The molecule has 108 valence electrons. The van der Waals surface area contributed by atoms with Crippen LogP contribution in [0.1, 0.15) is 26.2 Å². The lowest BCUT2D eigenvalue weighted by atomic mass is 9.97. The lowest BCUT2D eigenvalue weighted by Gasteiger charge is -2.34. The first-order valence-corrected chi connectivity index (χ1v) is 6.96. The van der Waals surface area contributed by atoms with E-state index in [9.17, 15) is 9.59 Å². The molecule has 2 aliphatic heterocycles. The highest BCUT2D eigenvalue weighted by atomic mass is 16.5. The Morgan fingerprint density at radius 1 is 1.16 bits per heavy atom. The van der Waals surface area contributed by atoms with Gasteiger partial charge >= 0.3 is 12.0 Å². The van der Waals surface area contributed by atoms with E-state index < -0.39 is 5.97 Å². The van der Waals surface area contributed by atoms with Gasteiger partial charge in [0.2, 0.25) is 0 Å². The van der Waals surface area contributed by atoms with Crippen LogP contribution in [0.2, 0.25) is 0 Å². The molecule has 1 atom stereocenters. The quantitative estimate of drug-likeness (QED) is 0.772. The lowest BCUT2D eigenvalue weighted by Crippen LogP contribution is -2.48. The third-order valence-electron chi connectivity index (χ3n) is 3.84. The van der Waals surface area contributed by atoms with Crippen molar-refractivity contribution in [3.8, 4) is 0 Å². The van der Waals surface area contributed by atoms with Crippen molar-refractivity contribution in [1.29, 1.82) is 0 Å². The van der Waals surface area contributed by atoms with Crippen molar-refractivity contribution < 1.29 is 19.4 Å². The molecule has 2 heterocycles. The number of hydrogen-bond acceptors (Lipinski definition) is 3. The summed E-state index contributed by atoms with van der Waals surface area (Å²) in [5.74, 6) is -1.04. The van der Waals surface area contributed by atoms with E-state index >= 15 is 0 Å². The minimum absolute atomic E-state index is 0.0289. The number of piperidine rings is 1. The molecule has 0 saturated carbocycles. The highest BCUT2D eigenvalue weighted by Crippen LogP contribution is 2.19. The van der Waals surface area contributed by atoms with Gasteiger partial charge in [-0.05, 0) is 26.2 Å². The van der Waals surface area contributed by atoms with Crippen molar-refractivity contribution in [3.63, 3.8) is 0 Å². The Hall–Kier alpha value is -1.30. The molecule has 0 aromatic heterocycles. The second-order valence-electron chi connectivity index (χ2n) is 5.36. The van der Waals surface area contributed by atoms with Crippen LogP contribution in [0.3, 0.4) is 0 Å². The summed E-state index contributed by atoms with van der Waals surface area (Å²) in [6.45, 7) is 5.11. The summed E-state index contributed by atoms with van der Waals surface area (Å²) in [6, 6.07) is 0.0289. The van der Waals surface area contributed by atoms with Crippen LogP contribution in [0.15, 0.2) is 0 Å². The molecule has 0 spiro atoms. The zero-order valence-corrected chi connectivity index (χ0v) is 11.4. The number of amides is 2. The summed E-state index contributed by atoms with van der Waals surface area (Å²) >= 11 is 0. The second kappa shape index (κ2) is 6.23. The van der Waals surface area contributed by atoms with E-state index in [0.717, 1.165) is 13.0 Å². The van der Waals surface area contributed by atoms with Crippen LogP contribution >= 0.6 is 0 Å². The van der Waals surface area contributed by atoms with E-state index in [0.29, 0.717) is 39.1 Å². The van der Waals surface area contributed by atoms with Gasteiger partial charge in [-0.1, -0.05) is 0 Å². The van der Waals surface area contributed by atoms with E-state index in [1.165, 1.54) is 0 Å². The smallest absolute Gasteiger partial charge is 0.320 e. The Bertz CT molecular complexity index is 340. The molecule has 0 aliphatic carbocycles. The van der Waals surface area contributed by atoms with Crippen molar-refractivity contribution in [3.05, 3.63) is 0 Å². The third kappa shape index (κ3) is 3.59. The van der Waals surface area contributed by atoms with Crippen molar-refractivity contribution >= 4 is 12.0 Å². The van der Waals surface area contributed by atoms with Crippen LogP contribution in [-0.4, -0.2) is 65.8 Å². The Kier molecular flexibility index (Phi) is 4.63. The molecular formula is C13H22N2O4. The van der Waals surface area contributed by atoms with Gasteiger partial charge < -0.3 is 19.6 Å². The van der Waals surface area contributed by atoms with Crippen LogP contribution in [0.25, 0.3) is 0 Å².